The summed E-state index contributed by atoms with van der Waals surface area (Å²) in [6.45, 7) is 5.45. The number of sulfonamides is 1. The molecule has 0 saturated carbocycles. The van der Waals surface area contributed by atoms with Crippen molar-refractivity contribution in [2.75, 3.05) is 30.3 Å². The van der Waals surface area contributed by atoms with Crippen molar-refractivity contribution in [3.05, 3.63) is 63.7 Å². The van der Waals surface area contributed by atoms with Crippen LogP contribution in [0.1, 0.15) is 30.9 Å². The smallest absolute Gasteiger partial charge is 0.274 e. The molecule has 9 nitrogen and oxygen atoms in total. The van der Waals surface area contributed by atoms with E-state index in [1.54, 1.807) is 0 Å². The number of para-hydroxylation sites is 1. The monoisotopic (exact) mass is 449 g/mol. The van der Waals surface area contributed by atoms with E-state index in [2.05, 4.69) is 19.2 Å². The molecule has 0 aliphatic carbocycles. The Balaban J connectivity index is 2.04. The Morgan fingerprint density at radius 2 is 1.87 bits per heavy atom. The maximum Gasteiger partial charge on any atom is 0.274 e. The number of ether oxygens (including phenoxy) is 1. The molecule has 2 aromatic carbocycles. The largest absolute Gasteiger partial charge is 0.491 e. The molecular formula is C21H27N3O6S. The van der Waals surface area contributed by atoms with Gasteiger partial charge in [0.15, 0.2) is 0 Å². The summed E-state index contributed by atoms with van der Waals surface area (Å²) in [4.78, 5) is 23.0. The van der Waals surface area contributed by atoms with E-state index in [1.165, 1.54) is 25.1 Å². The van der Waals surface area contributed by atoms with Crippen molar-refractivity contribution < 1.29 is 22.9 Å². The van der Waals surface area contributed by atoms with Gasteiger partial charge in [-0.3, -0.25) is 19.2 Å². The lowest BCUT2D eigenvalue weighted by molar-refractivity contribution is -0.385. The van der Waals surface area contributed by atoms with Gasteiger partial charge in [-0.2, -0.15) is 0 Å². The van der Waals surface area contributed by atoms with Crippen molar-refractivity contribution in [2.24, 2.45) is 0 Å². The zero-order valence-corrected chi connectivity index (χ0v) is 18.8. The van der Waals surface area contributed by atoms with Gasteiger partial charge in [-0.15, -0.1) is 0 Å². The van der Waals surface area contributed by atoms with E-state index in [4.69, 9.17) is 4.74 Å². The molecule has 2 rings (SSSR count). The molecule has 0 aliphatic rings. The molecule has 10 heteroatoms. The molecule has 0 aliphatic heterocycles. The van der Waals surface area contributed by atoms with Gasteiger partial charge in [-0.25, -0.2) is 8.42 Å². The third kappa shape index (κ3) is 6.42. The number of carbonyl (C=O) groups is 1. The van der Waals surface area contributed by atoms with Crippen molar-refractivity contribution in [3.8, 4) is 5.75 Å². The third-order valence-electron chi connectivity index (χ3n) is 4.65. The molecule has 0 unspecified atom stereocenters. The van der Waals surface area contributed by atoms with Crippen molar-refractivity contribution in [2.45, 2.75) is 26.7 Å². The van der Waals surface area contributed by atoms with Gasteiger partial charge in [0.25, 0.3) is 5.69 Å². The minimum atomic E-state index is -3.85. The summed E-state index contributed by atoms with van der Waals surface area (Å²) in [5.41, 5.74) is 1.09. The topological polar surface area (TPSA) is 119 Å². The quantitative estimate of drug-likeness (QED) is 0.338. The predicted octanol–water partition coefficient (Wildman–Crippen LogP) is 2.99. The average molecular weight is 450 g/mol. The Labute approximate surface area is 182 Å². The highest BCUT2D eigenvalue weighted by Gasteiger charge is 2.25. The van der Waals surface area contributed by atoms with E-state index in [9.17, 15) is 23.3 Å². The van der Waals surface area contributed by atoms with Crippen molar-refractivity contribution in [1.29, 1.82) is 0 Å². The first-order chi connectivity index (χ1) is 14.5. The van der Waals surface area contributed by atoms with Crippen LogP contribution in [0.4, 0.5) is 11.4 Å². The molecule has 0 fully saturated rings. The molecule has 168 valence electrons. The SMILES string of the molecule is Cc1c(N(CC(=O)NCCOc2ccccc2C(C)C)S(C)(=O)=O)cccc1[N+](=O)[O-]. The summed E-state index contributed by atoms with van der Waals surface area (Å²) in [5.74, 6) is 0.473. The van der Waals surface area contributed by atoms with Crippen LogP contribution in [0.2, 0.25) is 0 Å². The van der Waals surface area contributed by atoms with Crippen molar-refractivity contribution in [1.82, 2.24) is 5.32 Å². The number of benzene rings is 2. The van der Waals surface area contributed by atoms with Gasteiger partial charge < -0.3 is 10.1 Å². The fourth-order valence-corrected chi connectivity index (χ4v) is 3.99. The summed E-state index contributed by atoms with van der Waals surface area (Å²) in [6, 6.07) is 11.7. The lowest BCUT2D eigenvalue weighted by Gasteiger charge is -2.23. The van der Waals surface area contributed by atoms with Crippen LogP contribution in [0.15, 0.2) is 42.5 Å². The lowest BCUT2D eigenvalue weighted by Crippen LogP contribution is -2.41. The number of nitrogens with zero attached hydrogens (tertiary/aromatic N) is 2. The Hall–Kier alpha value is -3.14. The van der Waals surface area contributed by atoms with E-state index in [-0.39, 0.29) is 36.0 Å². The molecule has 1 amide bonds. The molecule has 0 heterocycles. The van der Waals surface area contributed by atoms with Crippen LogP contribution in [0.25, 0.3) is 0 Å². The second kappa shape index (κ2) is 10.3. The van der Waals surface area contributed by atoms with Gasteiger partial charge in [0.05, 0.1) is 29.0 Å². The van der Waals surface area contributed by atoms with Crippen molar-refractivity contribution in [3.63, 3.8) is 0 Å². The number of hydrogen-bond acceptors (Lipinski definition) is 6. The fraction of sp³-hybridized carbons (Fsp3) is 0.381. The summed E-state index contributed by atoms with van der Waals surface area (Å²) >= 11 is 0. The van der Waals surface area contributed by atoms with Crippen LogP contribution < -0.4 is 14.4 Å². The molecule has 31 heavy (non-hydrogen) atoms. The van der Waals surface area contributed by atoms with E-state index >= 15 is 0 Å². The lowest BCUT2D eigenvalue weighted by atomic mass is 10.0. The van der Waals surface area contributed by atoms with Crippen LogP contribution in [-0.2, 0) is 14.8 Å². The highest BCUT2D eigenvalue weighted by Crippen LogP contribution is 2.29. The Morgan fingerprint density at radius 1 is 1.19 bits per heavy atom. The van der Waals surface area contributed by atoms with Gasteiger partial charge in [0, 0.05) is 6.07 Å². The summed E-state index contributed by atoms with van der Waals surface area (Å²) in [7, 11) is -3.85. The maximum atomic E-state index is 12.4. The number of anilines is 1. The number of amides is 1. The molecule has 0 radical (unpaired) electrons. The van der Waals surface area contributed by atoms with Gasteiger partial charge in [-0.1, -0.05) is 38.1 Å². The third-order valence-corrected chi connectivity index (χ3v) is 5.78. The van der Waals surface area contributed by atoms with E-state index in [1.807, 2.05) is 24.3 Å². The summed E-state index contributed by atoms with van der Waals surface area (Å²) < 4.78 is 31.1. The van der Waals surface area contributed by atoms with Crippen LogP contribution in [-0.4, -0.2) is 45.2 Å². The van der Waals surface area contributed by atoms with Crippen LogP contribution >= 0.6 is 0 Å². The van der Waals surface area contributed by atoms with Crippen LogP contribution in [0, 0.1) is 17.0 Å². The first kappa shape index (κ1) is 24.1. The minimum Gasteiger partial charge on any atom is -0.491 e. The van der Waals surface area contributed by atoms with E-state index < -0.39 is 27.4 Å². The highest BCUT2D eigenvalue weighted by molar-refractivity contribution is 7.92. The number of rotatable bonds is 10. The second-order valence-corrected chi connectivity index (χ2v) is 9.25. The Kier molecular flexibility index (Phi) is 7.98. The predicted molar refractivity (Wildman–Crippen MR) is 119 cm³/mol. The molecule has 0 bridgehead atoms. The highest BCUT2D eigenvalue weighted by atomic mass is 32.2. The maximum absolute atomic E-state index is 12.4. The number of nitro benzene ring substituents is 1. The van der Waals surface area contributed by atoms with Gasteiger partial charge in [0.1, 0.15) is 18.9 Å². The number of nitro groups is 1. The van der Waals surface area contributed by atoms with Gasteiger partial charge in [-0.05, 0) is 30.5 Å². The fourth-order valence-electron chi connectivity index (χ4n) is 3.09. The zero-order valence-electron chi connectivity index (χ0n) is 18.0. The summed E-state index contributed by atoms with van der Waals surface area (Å²) in [5, 5.41) is 13.8. The minimum absolute atomic E-state index is 0.0916. The zero-order chi connectivity index (χ0) is 23.2. The van der Waals surface area contributed by atoms with E-state index in [0.717, 1.165) is 21.9 Å². The first-order valence-corrected chi connectivity index (χ1v) is 11.6. The standard InChI is InChI=1S/C21H27N3O6S/c1-15(2)17-8-5-6-11-20(17)30-13-12-22-21(25)14-23(31(4,28)29)18-9-7-10-19(16(18)3)24(26)27/h5-11,15H,12-14H2,1-4H3,(H,22,25). The molecule has 0 atom stereocenters. The molecule has 0 saturated heterocycles. The van der Waals surface area contributed by atoms with E-state index in [0.29, 0.717) is 0 Å². The second-order valence-electron chi connectivity index (χ2n) is 7.34. The Bertz CT molecular complexity index is 1050. The number of hydrogen-bond donors (Lipinski definition) is 1. The average Bonchev–Trinajstić information content (AvgIpc) is 2.69. The van der Waals surface area contributed by atoms with Gasteiger partial charge in [0.2, 0.25) is 15.9 Å². The number of nitrogens with one attached hydrogen (secondary N) is 1. The number of carbonyl (C=O) groups excluding carboxylic acids is 1. The normalized spacial score (nSPS) is 11.3. The van der Waals surface area contributed by atoms with Crippen LogP contribution in [0.3, 0.4) is 0 Å². The van der Waals surface area contributed by atoms with Crippen LogP contribution in [0.5, 0.6) is 5.75 Å². The molecule has 2 aromatic rings. The molecule has 0 aromatic heterocycles. The van der Waals surface area contributed by atoms with Crippen molar-refractivity contribution >= 4 is 27.3 Å². The van der Waals surface area contributed by atoms with Gasteiger partial charge >= 0.3 is 0 Å². The molecule has 1 N–H and O–H groups in total. The Morgan fingerprint density at radius 3 is 2.48 bits per heavy atom. The molecule has 0 spiro atoms. The first-order valence-electron chi connectivity index (χ1n) is 9.72. The summed E-state index contributed by atoms with van der Waals surface area (Å²) in [6.07, 6.45) is 0.949. The molecular weight excluding hydrogens is 422 g/mol.